The first-order valence-electron chi connectivity index (χ1n) is 5.09. The van der Waals surface area contributed by atoms with E-state index >= 15 is 0 Å². The quantitative estimate of drug-likeness (QED) is 0.673. The smallest absolute Gasteiger partial charge is 0.0987 e. The molecule has 0 spiro atoms. The van der Waals surface area contributed by atoms with E-state index in [1.165, 1.54) is 0 Å². The molecule has 0 aromatic rings. The van der Waals surface area contributed by atoms with Crippen LogP contribution in [0, 0.1) is 17.2 Å². The number of hydrogen-bond donors (Lipinski definition) is 3. The van der Waals surface area contributed by atoms with Gasteiger partial charge in [0.2, 0.25) is 0 Å². The Morgan fingerprint density at radius 2 is 2.27 bits per heavy atom. The summed E-state index contributed by atoms with van der Waals surface area (Å²) in [6.07, 6.45) is 1.74. The molecule has 1 rings (SSSR count). The van der Waals surface area contributed by atoms with Crippen molar-refractivity contribution in [3.63, 3.8) is 0 Å². The van der Waals surface area contributed by atoms with Crippen LogP contribution in [0.1, 0.15) is 13.8 Å². The van der Waals surface area contributed by atoms with Crippen LogP contribution in [0.25, 0.3) is 0 Å². The third kappa shape index (κ3) is 2.69. The summed E-state index contributed by atoms with van der Waals surface area (Å²) in [7, 11) is 0. The van der Waals surface area contributed by atoms with Crippen molar-refractivity contribution in [2.24, 2.45) is 17.6 Å². The zero-order valence-electron chi connectivity index (χ0n) is 9.18. The van der Waals surface area contributed by atoms with Gasteiger partial charge in [-0.3, -0.25) is 5.41 Å². The van der Waals surface area contributed by atoms with Gasteiger partial charge in [-0.05, 0) is 39.4 Å². The first-order chi connectivity index (χ1) is 6.97. The zero-order chi connectivity index (χ0) is 11.6. The molecule has 1 saturated heterocycles. The molecule has 1 aliphatic heterocycles. The summed E-state index contributed by atoms with van der Waals surface area (Å²) >= 11 is 3.11. The van der Waals surface area contributed by atoms with E-state index in [-0.39, 0.29) is 6.04 Å². The maximum absolute atomic E-state index is 7.39. The van der Waals surface area contributed by atoms with Crippen LogP contribution in [-0.2, 0) is 0 Å². The lowest BCUT2D eigenvalue weighted by molar-refractivity contribution is 0.304. The van der Waals surface area contributed by atoms with E-state index in [4.69, 9.17) is 11.1 Å². The van der Waals surface area contributed by atoms with Crippen LogP contribution in [-0.4, -0.2) is 17.2 Å². The topological polar surface area (TPSA) is 61.9 Å². The van der Waals surface area contributed by atoms with Crippen LogP contribution < -0.4 is 11.1 Å². The van der Waals surface area contributed by atoms with Crippen molar-refractivity contribution in [1.29, 1.82) is 5.41 Å². The van der Waals surface area contributed by atoms with E-state index in [1.807, 2.05) is 0 Å². The summed E-state index contributed by atoms with van der Waals surface area (Å²) in [5, 5.41) is 10.7. The van der Waals surface area contributed by atoms with Crippen LogP contribution in [0.4, 0.5) is 0 Å². The number of nitrogens with one attached hydrogen (secondary N) is 2. The lowest BCUT2D eigenvalue weighted by Gasteiger charge is -2.38. The minimum atomic E-state index is 0.267. The van der Waals surface area contributed by atoms with Crippen molar-refractivity contribution < 1.29 is 0 Å². The second kappa shape index (κ2) is 4.94. The molecule has 1 heterocycles. The van der Waals surface area contributed by atoms with Crippen molar-refractivity contribution in [2.45, 2.75) is 19.9 Å². The molecule has 15 heavy (non-hydrogen) atoms. The average Bonchev–Trinajstić information content (AvgIpc) is 2.18. The van der Waals surface area contributed by atoms with Crippen molar-refractivity contribution >= 4 is 20.6 Å². The number of piperidine rings is 1. The van der Waals surface area contributed by atoms with Gasteiger partial charge in [0.25, 0.3) is 0 Å². The molecular weight excluding hydrogens is 254 g/mol. The van der Waals surface area contributed by atoms with Gasteiger partial charge in [0.1, 0.15) is 0 Å². The van der Waals surface area contributed by atoms with Gasteiger partial charge in [-0.2, -0.15) is 0 Å². The molecule has 0 radical (unpaired) electrons. The third-order valence-electron chi connectivity index (χ3n) is 3.18. The van der Waals surface area contributed by atoms with Crippen molar-refractivity contribution in [1.82, 2.24) is 5.32 Å². The van der Waals surface area contributed by atoms with Gasteiger partial charge in [-0.25, -0.2) is 0 Å². The molecule has 0 bridgehead atoms. The number of rotatable bonds is 2. The average molecular weight is 272 g/mol. The van der Waals surface area contributed by atoms with Crippen LogP contribution in [0.5, 0.6) is 0 Å². The van der Waals surface area contributed by atoms with Gasteiger partial charge in [0.15, 0.2) is 0 Å². The van der Waals surface area contributed by atoms with Crippen molar-refractivity contribution in [3.8, 4) is 0 Å². The highest BCUT2D eigenvalue weighted by molar-refractivity contribution is 9.18. The highest BCUT2D eigenvalue weighted by Gasteiger charge is 2.30. The normalized spacial score (nSPS) is 34.0. The largest absolute Gasteiger partial charge is 0.380 e. The molecular formula is C11H18BrN3. The predicted octanol–water partition coefficient (Wildman–Crippen LogP) is 2.00. The summed E-state index contributed by atoms with van der Waals surface area (Å²) in [5.41, 5.74) is 7.69. The Morgan fingerprint density at radius 3 is 2.73 bits per heavy atom. The summed E-state index contributed by atoms with van der Waals surface area (Å²) in [5.74, 6) is 0.877. The van der Waals surface area contributed by atoms with Gasteiger partial charge in [-0.1, -0.05) is 20.4 Å². The van der Waals surface area contributed by atoms with Crippen molar-refractivity contribution in [2.75, 3.05) is 6.54 Å². The molecule has 0 aromatic carbocycles. The van der Waals surface area contributed by atoms with Gasteiger partial charge in [0.05, 0.1) is 4.62 Å². The van der Waals surface area contributed by atoms with Gasteiger partial charge < -0.3 is 11.1 Å². The molecule has 4 heteroatoms. The molecule has 1 aliphatic rings. The first-order valence-corrected chi connectivity index (χ1v) is 5.88. The Morgan fingerprint density at radius 1 is 1.67 bits per heavy atom. The fraction of sp³-hybridized carbons (Fsp3) is 0.545. The second-order valence-corrected chi connectivity index (χ2v) is 4.92. The molecule has 0 amide bonds. The SMILES string of the molecule is C=C1/C(=C/C(=N)Br)NC(CN)C(C)C1C. The standard InChI is InChI=1S/C11H18BrN3/c1-6-7(2)9(4-11(12)14)15-10(5-13)8(6)3/h4,6,8,10,14-15H,2,5,13H2,1,3H3/b9-4-,14-11?. The Hall–Kier alpha value is -0.610. The van der Waals surface area contributed by atoms with E-state index in [2.05, 4.69) is 41.7 Å². The van der Waals surface area contributed by atoms with Crippen LogP contribution in [0.2, 0.25) is 0 Å². The van der Waals surface area contributed by atoms with Gasteiger partial charge >= 0.3 is 0 Å². The minimum Gasteiger partial charge on any atom is -0.380 e. The zero-order valence-corrected chi connectivity index (χ0v) is 10.8. The maximum atomic E-state index is 7.39. The van der Waals surface area contributed by atoms with Gasteiger partial charge in [0, 0.05) is 18.3 Å². The Kier molecular flexibility index (Phi) is 4.11. The fourth-order valence-electron chi connectivity index (χ4n) is 1.87. The molecule has 0 saturated carbocycles. The summed E-state index contributed by atoms with van der Waals surface area (Å²) in [6.45, 7) is 8.99. The van der Waals surface area contributed by atoms with E-state index < -0.39 is 0 Å². The molecule has 0 aliphatic carbocycles. The number of nitrogens with two attached hydrogens (primary N) is 1. The highest BCUT2D eigenvalue weighted by atomic mass is 79.9. The number of hydrogen-bond acceptors (Lipinski definition) is 3. The lowest BCUT2D eigenvalue weighted by Crippen LogP contribution is -2.48. The first kappa shape index (κ1) is 12.5. The Balaban J connectivity index is 2.93. The molecule has 3 atom stereocenters. The lowest BCUT2D eigenvalue weighted by atomic mass is 9.79. The second-order valence-electron chi connectivity index (χ2n) is 4.07. The molecule has 3 nitrogen and oxygen atoms in total. The number of allylic oxidation sites excluding steroid dienone is 2. The molecule has 1 fully saturated rings. The van der Waals surface area contributed by atoms with Crippen LogP contribution >= 0.6 is 15.9 Å². The van der Waals surface area contributed by atoms with E-state index in [1.54, 1.807) is 6.08 Å². The van der Waals surface area contributed by atoms with E-state index in [9.17, 15) is 0 Å². The van der Waals surface area contributed by atoms with E-state index in [0.29, 0.717) is 23.0 Å². The fourth-order valence-corrected chi connectivity index (χ4v) is 2.10. The summed E-state index contributed by atoms with van der Waals surface area (Å²) < 4.78 is 0.351. The molecule has 3 unspecified atom stereocenters. The molecule has 4 N–H and O–H groups in total. The number of halogens is 1. The molecule has 84 valence electrons. The monoisotopic (exact) mass is 271 g/mol. The van der Waals surface area contributed by atoms with E-state index in [0.717, 1.165) is 11.3 Å². The maximum Gasteiger partial charge on any atom is 0.0987 e. The summed E-state index contributed by atoms with van der Waals surface area (Å²) in [4.78, 5) is 0. The molecule has 0 aromatic heterocycles. The summed E-state index contributed by atoms with van der Waals surface area (Å²) in [6, 6.07) is 0.267. The third-order valence-corrected chi connectivity index (χ3v) is 3.41. The highest BCUT2D eigenvalue weighted by Crippen LogP contribution is 2.31. The van der Waals surface area contributed by atoms with Crippen LogP contribution in [0.15, 0.2) is 23.9 Å². The minimum absolute atomic E-state index is 0.267. The predicted molar refractivity (Wildman–Crippen MR) is 68.2 cm³/mol. The Bertz CT molecular complexity index is 309. The van der Waals surface area contributed by atoms with Crippen molar-refractivity contribution in [3.05, 3.63) is 23.9 Å². The Labute approximate surface area is 99.4 Å². The van der Waals surface area contributed by atoms with Gasteiger partial charge in [-0.15, -0.1) is 0 Å². The van der Waals surface area contributed by atoms with Crippen LogP contribution in [0.3, 0.4) is 0 Å².